The van der Waals surface area contributed by atoms with Crippen LogP contribution in [-0.4, -0.2) is 67.4 Å². The molecule has 0 saturated carbocycles. The maximum absolute atomic E-state index is 13.8. The van der Waals surface area contributed by atoms with Gasteiger partial charge in [-0.3, -0.25) is 9.78 Å². The number of nitrogens with zero attached hydrogens (tertiary/aromatic N) is 6. The Bertz CT molecular complexity index is 1950. The molecule has 0 aliphatic carbocycles. The van der Waals surface area contributed by atoms with E-state index in [0.717, 1.165) is 35.7 Å². The molecule has 1 aliphatic heterocycles. The van der Waals surface area contributed by atoms with E-state index < -0.39 is 17.3 Å². The van der Waals surface area contributed by atoms with Gasteiger partial charge in [-0.2, -0.15) is 5.10 Å². The molecular formula is C35H37FN8O4. The Morgan fingerprint density at radius 3 is 2.44 bits per heavy atom. The van der Waals surface area contributed by atoms with Gasteiger partial charge in [-0.15, -0.1) is 0 Å². The highest BCUT2D eigenvalue weighted by atomic mass is 19.1. The van der Waals surface area contributed by atoms with Crippen LogP contribution < -0.4 is 15.8 Å². The lowest BCUT2D eigenvalue weighted by molar-refractivity contribution is 0.0204. The molecule has 1 saturated heterocycles. The van der Waals surface area contributed by atoms with Gasteiger partial charge >= 0.3 is 6.09 Å². The number of rotatable bonds is 7. The number of piperidine rings is 1. The zero-order valence-electron chi connectivity index (χ0n) is 27.2. The van der Waals surface area contributed by atoms with Crippen molar-refractivity contribution in [3.63, 3.8) is 0 Å². The molecule has 1 fully saturated rings. The SMILES string of the molecule is COc1ccc(F)cc1C(=O)NCc1ccc(-c2nn(-c3ccc(C4CCN(C(=O)OC(C)(C)C)CC4)nc3)c3ncnc(N)c23)cc1. The Kier molecular flexibility index (Phi) is 8.94. The molecule has 3 aromatic heterocycles. The topological polar surface area (TPSA) is 150 Å². The minimum Gasteiger partial charge on any atom is -0.496 e. The molecule has 3 N–H and O–H groups in total. The van der Waals surface area contributed by atoms with Crippen LogP contribution in [0.1, 0.15) is 61.1 Å². The standard InChI is InChI=1S/C35H37FN8O4/c1-35(2,3)48-34(46)43-15-13-22(14-16-43)27-11-10-25(19-38-27)44-32-29(31(37)40-20-41-32)30(42-44)23-7-5-21(6-8-23)18-39-33(45)26-17-24(36)9-12-28(26)47-4/h5-12,17,19-20,22H,13-16,18H2,1-4H3,(H,39,45)(H2,37,40,41). The molecule has 2 aromatic carbocycles. The number of anilines is 1. The summed E-state index contributed by atoms with van der Waals surface area (Å²) in [5, 5.41) is 8.29. The maximum Gasteiger partial charge on any atom is 0.410 e. The van der Waals surface area contributed by atoms with Crippen molar-refractivity contribution in [1.82, 2.24) is 34.9 Å². The largest absolute Gasteiger partial charge is 0.496 e. The third kappa shape index (κ3) is 6.89. The van der Waals surface area contributed by atoms with Crippen molar-refractivity contribution in [3.8, 4) is 22.7 Å². The number of nitrogen functional groups attached to an aromatic ring is 1. The number of ether oxygens (including phenoxy) is 2. The average Bonchev–Trinajstić information content (AvgIpc) is 3.48. The van der Waals surface area contributed by atoms with Gasteiger partial charge in [0.05, 0.1) is 29.9 Å². The lowest BCUT2D eigenvalue weighted by Crippen LogP contribution is -2.41. The molecule has 0 spiro atoms. The summed E-state index contributed by atoms with van der Waals surface area (Å²) in [5.41, 5.74) is 10.3. The van der Waals surface area contributed by atoms with Gasteiger partial charge in [0.25, 0.3) is 5.91 Å². The lowest BCUT2D eigenvalue weighted by Gasteiger charge is -2.33. The molecule has 6 rings (SSSR count). The highest BCUT2D eigenvalue weighted by molar-refractivity contribution is 5.99. The molecule has 13 heteroatoms. The Balaban J connectivity index is 1.17. The normalized spacial score (nSPS) is 13.8. The van der Waals surface area contributed by atoms with E-state index in [9.17, 15) is 14.0 Å². The van der Waals surface area contributed by atoms with Crippen molar-refractivity contribution in [1.29, 1.82) is 0 Å². The van der Waals surface area contributed by atoms with Crippen molar-refractivity contribution in [2.75, 3.05) is 25.9 Å². The quantitative estimate of drug-likeness (QED) is 0.227. The fourth-order valence-corrected chi connectivity index (χ4v) is 5.72. The number of carbonyl (C=O) groups is 2. The summed E-state index contributed by atoms with van der Waals surface area (Å²) in [4.78, 5) is 40.4. The molecule has 5 aromatic rings. The van der Waals surface area contributed by atoms with Crippen LogP contribution in [0.5, 0.6) is 5.75 Å². The Morgan fingerprint density at radius 2 is 1.77 bits per heavy atom. The molecule has 0 radical (unpaired) electrons. The number of likely N-dealkylation sites (tertiary alicyclic amines) is 1. The smallest absolute Gasteiger partial charge is 0.410 e. The molecule has 0 bridgehead atoms. The van der Waals surface area contributed by atoms with E-state index in [4.69, 9.17) is 25.3 Å². The molecule has 48 heavy (non-hydrogen) atoms. The number of nitrogens with one attached hydrogen (secondary N) is 1. The first kappa shape index (κ1) is 32.4. The number of benzene rings is 2. The third-order valence-corrected chi connectivity index (χ3v) is 8.16. The van der Waals surface area contributed by atoms with Gasteiger partial charge in [-0.05, 0) is 69.5 Å². The van der Waals surface area contributed by atoms with Gasteiger partial charge in [-0.1, -0.05) is 24.3 Å². The van der Waals surface area contributed by atoms with Gasteiger partial charge in [0.2, 0.25) is 0 Å². The number of pyridine rings is 1. The number of hydrogen-bond donors (Lipinski definition) is 2. The number of carbonyl (C=O) groups excluding carboxylic acids is 2. The Labute approximate surface area is 277 Å². The summed E-state index contributed by atoms with van der Waals surface area (Å²) >= 11 is 0. The maximum atomic E-state index is 13.8. The summed E-state index contributed by atoms with van der Waals surface area (Å²) in [7, 11) is 1.43. The lowest BCUT2D eigenvalue weighted by atomic mass is 9.93. The zero-order chi connectivity index (χ0) is 34.0. The van der Waals surface area contributed by atoms with Gasteiger partial charge in [-0.25, -0.2) is 23.8 Å². The summed E-state index contributed by atoms with van der Waals surface area (Å²) in [6.07, 6.45) is 4.48. The highest BCUT2D eigenvalue weighted by Gasteiger charge is 2.28. The van der Waals surface area contributed by atoms with Crippen LogP contribution in [0.15, 0.2) is 67.1 Å². The van der Waals surface area contributed by atoms with Gasteiger partial charge in [0, 0.05) is 36.8 Å². The first-order valence-electron chi connectivity index (χ1n) is 15.6. The number of methoxy groups -OCH3 is 1. The first-order chi connectivity index (χ1) is 23.0. The second-order valence-corrected chi connectivity index (χ2v) is 12.6. The molecule has 248 valence electrons. The zero-order valence-corrected chi connectivity index (χ0v) is 27.2. The van der Waals surface area contributed by atoms with Crippen molar-refractivity contribution in [3.05, 3.63) is 89.8 Å². The van der Waals surface area contributed by atoms with E-state index in [1.807, 2.05) is 57.2 Å². The van der Waals surface area contributed by atoms with Crippen molar-refractivity contribution < 1.29 is 23.5 Å². The van der Waals surface area contributed by atoms with E-state index >= 15 is 0 Å². The van der Waals surface area contributed by atoms with Gasteiger partial charge in [0.15, 0.2) is 5.65 Å². The molecule has 1 aliphatic rings. The van der Waals surface area contributed by atoms with Crippen LogP contribution in [-0.2, 0) is 11.3 Å². The van der Waals surface area contributed by atoms with Crippen molar-refractivity contribution in [2.24, 2.45) is 0 Å². The summed E-state index contributed by atoms with van der Waals surface area (Å²) in [6, 6.07) is 15.2. The summed E-state index contributed by atoms with van der Waals surface area (Å²) in [6.45, 7) is 7.04. The number of amides is 2. The minimum atomic E-state index is -0.526. The van der Waals surface area contributed by atoms with Crippen molar-refractivity contribution >= 4 is 28.9 Å². The third-order valence-electron chi connectivity index (χ3n) is 8.16. The number of fused-ring (bicyclic) bond motifs is 1. The first-order valence-corrected chi connectivity index (χ1v) is 15.6. The second-order valence-electron chi connectivity index (χ2n) is 12.6. The summed E-state index contributed by atoms with van der Waals surface area (Å²) in [5.74, 6) is -0.167. The molecular weight excluding hydrogens is 615 g/mol. The number of nitrogens with two attached hydrogens (primary N) is 1. The predicted molar refractivity (Wildman–Crippen MR) is 178 cm³/mol. The van der Waals surface area contributed by atoms with Crippen LogP contribution in [0.3, 0.4) is 0 Å². The molecule has 0 atom stereocenters. The van der Waals surface area contributed by atoms with Crippen molar-refractivity contribution in [2.45, 2.75) is 51.7 Å². The number of halogens is 1. The van der Waals surface area contributed by atoms with Crippen LogP contribution >= 0.6 is 0 Å². The van der Waals surface area contributed by atoms with E-state index in [1.165, 1.54) is 25.6 Å². The minimum absolute atomic E-state index is 0.118. The van der Waals surface area contributed by atoms with Crippen LogP contribution in [0.2, 0.25) is 0 Å². The fourth-order valence-electron chi connectivity index (χ4n) is 5.72. The number of hydrogen-bond acceptors (Lipinski definition) is 9. The number of aromatic nitrogens is 5. The molecule has 2 amide bonds. The van der Waals surface area contributed by atoms with E-state index in [2.05, 4.69) is 15.3 Å². The van der Waals surface area contributed by atoms with Crippen LogP contribution in [0.4, 0.5) is 15.0 Å². The monoisotopic (exact) mass is 652 g/mol. The molecule has 12 nitrogen and oxygen atoms in total. The predicted octanol–water partition coefficient (Wildman–Crippen LogP) is 5.65. The highest BCUT2D eigenvalue weighted by Crippen LogP contribution is 2.33. The Morgan fingerprint density at radius 1 is 1.02 bits per heavy atom. The fraction of sp³-hybridized carbons (Fsp3) is 0.314. The van der Waals surface area contributed by atoms with Gasteiger partial charge < -0.3 is 25.4 Å². The van der Waals surface area contributed by atoms with E-state index in [0.29, 0.717) is 41.3 Å². The second kappa shape index (κ2) is 13.3. The van der Waals surface area contributed by atoms with E-state index in [1.54, 1.807) is 15.8 Å². The summed E-state index contributed by atoms with van der Waals surface area (Å²) < 4.78 is 26.2. The van der Waals surface area contributed by atoms with E-state index in [-0.39, 0.29) is 29.9 Å². The van der Waals surface area contributed by atoms with Gasteiger partial charge in [0.1, 0.15) is 35.0 Å². The Hall–Kier alpha value is -5.59. The molecule has 4 heterocycles. The average molecular weight is 653 g/mol. The van der Waals surface area contributed by atoms with Crippen LogP contribution in [0, 0.1) is 5.82 Å². The molecule has 0 unspecified atom stereocenters. The van der Waals surface area contributed by atoms with Crippen LogP contribution in [0.25, 0.3) is 28.0 Å².